The fourth-order valence-corrected chi connectivity index (χ4v) is 1.24. The zero-order valence-electron chi connectivity index (χ0n) is 18.0. The van der Waals surface area contributed by atoms with Crippen molar-refractivity contribution in [1.82, 2.24) is 10.7 Å². The summed E-state index contributed by atoms with van der Waals surface area (Å²) in [5.41, 5.74) is 3.28. The van der Waals surface area contributed by atoms with Crippen LogP contribution in [0.4, 0.5) is 0 Å². The molecule has 0 aromatic heterocycles. The molecule has 0 aliphatic heterocycles. The first-order valence-corrected chi connectivity index (χ1v) is 9.25. The van der Waals surface area contributed by atoms with Gasteiger partial charge in [-0.15, -0.1) is 0 Å². The molecule has 0 atom stereocenters. The van der Waals surface area contributed by atoms with Crippen molar-refractivity contribution in [2.24, 2.45) is 5.84 Å². The van der Waals surface area contributed by atoms with E-state index in [4.69, 9.17) is 29.6 Å². The van der Waals surface area contributed by atoms with Crippen LogP contribution in [0, 0.1) is 0 Å². The van der Waals surface area contributed by atoms with E-state index in [1.54, 1.807) is 6.20 Å². The normalized spacial score (nSPS) is 9.37. The molecule has 27 heavy (non-hydrogen) atoms. The van der Waals surface area contributed by atoms with Crippen LogP contribution in [0.15, 0.2) is 11.9 Å². The van der Waals surface area contributed by atoms with Gasteiger partial charge in [0.05, 0.1) is 38.7 Å². The van der Waals surface area contributed by atoms with Crippen LogP contribution >= 0.6 is 0 Å². The van der Waals surface area contributed by atoms with Gasteiger partial charge in [-0.3, -0.25) is 10.6 Å². The maximum absolute atomic E-state index is 10.5. The van der Waals surface area contributed by atoms with Gasteiger partial charge in [-0.2, -0.15) is 0 Å². The third kappa shape index (κ3) is 36.1. The molecular weight excluding hydrogens is 354 g/mol. The molecule has 164 valence electrons. The van der Waals surface area contributed by atoms with Gasteiger partial charge in [-0.1, -0.05) is 27.7 Å². The fourth-order valence-electron chi connectivity index (χ4n) is 1.24. The molecule has 0 aliphatic carbocycles. The Bertz CT molecular complexity index is 305. The Morgan fingerprint density at radius 1 is 0.963 bits per heavy atom. The highest BCUT2D eigenvalue weighted by Gasteiger charge is 1.96. The van der Waals surface area contributed by atoms with Gasteiger partial charge in [-0.05, 0) is 6.92 Å². The molecule has 0 spiro atoms. The smallest absolute Gasteiger partial charge is 0.302 e. The highest BCUT2D eigenvalue weighted by atomic mass is 16.6. The molecule has 0 heterocycles. The van der Waals surface area contributed by atoms with Gasteiger partial charge in [0, 0.05) is 26.3 Å². The maximum Gasteiger partial charge on any atom is 0.302 e. The van der Waals surface area contributed by atoms with Gasteiger partial charge in [0.15, 0.2) is 0 Å². The van der Waals surface area contributed by atoms with Crippen LogP contribution < -0.4 is 16.6 Å². The molecule has 0 bridgehead atoms. The topological polar surface area (TPSA) is 121 Å². The number of hydrazine groups is 1. The molecule has 0 aromatic rings. The van der Waals surface area contributed by atoms with Crippen molar-refractivity contribution in [2.75, 3.05) is 52.8 Å². The van der Waals surface area contributed by atoms with Gasteiger partial charge in [0.2, 0.25) is 0 Å². The zero-order chi connectivity index (χ0) is 21.8. The Kier molecular flexibility index (Phi) is 43.2. The molecule has 0 rings (SSSR count). The summed E-state index contributed by atoms with van der Waals surface area (Å²) in [6.45, 7) is 17.2. The van der Waals surface area contributed by atoms with Gasteiger partial charge in [0.25, 0.3) is 0 Å². The number of hydrogen-bond acceptors (Lipinski definition) is 9. The Morgan fingerprint density at radius 2 is 1.52 bits per heavy atom. The number of nitrogens with one attached hydrogen (secondary N) is 2. The first-order chi connectivity index (χ1) is 13.2. The number of nitrogens with two attached hydrogens (primary N) is 1. The predicted molar refractivity (Wildman–Crippen MR) is 108 cm³/mol. The van der Waals surface area contributed by atoms with Crippen molar-refractivity contribution in [1.29, 1.82) is 0 Å². The summed E-state index contributed by atoms with van der Waals surface area (Å²) < 4.78 is 20.5. The Hall–Kier alpha value is -1.68. The van der Waals surface area contributed by atoms with E-state index in [0.29, 0.717) is 46.2 Å². The SMILES string of the molecule is C=O.CC.CC.CCOCCOC/C(=C/NCCOCCOC(C)=O)NN. The number of carbonyl (C=O) groups excluding carboxylic acids is 2. The van der Waals surface area contributed by atoms with Gasteiger partial charge in [-0.25, -0.2) is 0 Å². The summed E-state index contributed by atoms with van der Waals surface area (Å²) in [5.74, 6) is 5.07. The lowest BCUT2D eigenvalue weighted by atomic mass is 10.5. The van der Waals surface area contributed by atoms with E-state index in [1.165, 1.54) is 6.92 Å². The summed E-state index contributed by atoms with van der Waals surface area (Å²) in [5, 5.41) is 3.04. The lowest BCUT2D eigenvalue weighted by molar-refractivity contribution is -0.142. The largest absolute Gasteiger partial charge is 0.463 e. The maximum atomic E-state index is 10.5. The number of rotatable bonds is 14. The van der Waals surface area contributed by atoms with Crippen LogP contribution in [0.5, 0.6) is 0 Å². The standard InChI is InChI=1S/C13H27N3O5.2C2H6.CH2O/c1-3-18-6-7-20-11-13(16-14)10-15-4-5-19-8-9-21-12(2)17;3*1-2/h10,15-16H,3-9,11,14H2,1-2H3;2*1-2H3;1H2/b13-10-;;;. The van der Waals surface area contributed by atoms with Gasteiger partial charge in [0.1, 0.15) is 13.4 Å². The van der Waals surface area contributed by atoms with E-state index >= 15 is 0 Å². The minimum atomic E-state index is -0.303. The van der Waals surface area contributed by atoms with Crippen molar-refractivity contribution < 1.29 is 28.5 Å². The summed E-state index contributed by atoms with van der Waals surface area (Å²) in [7, 11) is 0. The molecule has 0 saturated carbocycles. The lowest BCUT2D eigenvalue weighted by Gasteiger charge is -2.09. The fraction of sp³-hybridized carbons (Fsp3) is 0.778. The molecule has 0 amide bonds. The van der Waals surface area contributed by atoms with Crippen LogP contribution in [0.3, 0.4) is 0 Å². The lowest BCUT2D eigenvalue weighted by Crippen LogP contribution is -2.27. The molecule has 0 unspecified atom stereocenters. The van der Waals surface area contributed by atoms with Crippen LogP contribution in [0.2, 0.25) is 0 Å². The number of hydrogen-bond donors (Lipinski definition) is 3. The molecule has 0 aromatic carbocycles. The average Bonchev–Trinajstić information content (AvgIpc) is 2.72. The quantitative estimate of drug-likeness (QED) is 0.173. The summed E-state index contributed by atoms with van der Waals surface area (Å²) in [4.78, 5) is 18.5. The van der Waals surface area contributed by atoms with Crippen LogP contribution in [0.25, 0.3) is 0 Å². The monoisotopic (exact) mass is 395 g/mol. The van der Waals surface area contributed by atoms with Gasteiger partial charge < -0.3 is 34.5 Å². The second kappa shape index (κ2) is 35.4. The summed E-state index contributed by atoms with van der Waals surface area (Å²) in [6.07, 6.45) is 1.73. The second-order valence-electron chi connectivity index (χ2n) is 3.97. The predicted octanol–water partition coefficient (Wildman–Crippen LogP) is 1.38. The first kappa shape index (κ1) is 32.9. The molecular formula is C18H41N3O6. The third-order valence-corrected chi connectivity index (χ3v) is 2.22. The highest BCUT2D eigenvalue weighted by molar-refractivity contribution is 5.65. The van der Waals surface area contributed by atoms with E-state index in [2.05, 4.69) is 10.7 Å². The minimum absolute atomic E-state index is 0.272. The van der Waals surface area contributed by atoms with E-state index in [0.717, 1.165) is 5.70 Å². The number of ether oxygens (including phenoxy) is 4. The van der Waals surface area contributed by atoms with Crippen LogP contribution in [-0.2, 0) is 28.5 Å². The molecule has 9 heteroatoms. The zero-order valence-corrected chi connectivity index (χ0v) is 18.0. The first-order valence-electron chi connectivity index (χ1n) is 9.25. The van der Waals surface area contributed by atoms with Crippen LogP contribution in [0.1, 0.15) is 41.5 Å². The molecule has 4 N–H and O–H groups in total. The Labute approximate surface area is 164 Å². The molecule has 0 aliphatic rings. The van der Waals surface area contributed by atoms with Gasteiger partial charge >= 0.3 is 5.97 Å². The Balaban J connectivity index is -0.000000397. The second-order valence-corrected chi connectivity index (χ2v) is 3.97. The van der Waals surface area contributed by atoms with E-state index in [9.17, 15) is 4.79 Å². The van der Waals surface area contributed by atoms with Crippen molar-refractivity contribution in [2.45, 2.75) is 41.5 Å². The minimum Gasteiger partial charge on any atom is -0.463 e. The van der Waals surface area contributed by atoms with Crippen molar-refractivity contribution in [3.63, 3.8) is 0 Å². The summed E-state index contributed by atoms with van der Waals surface area (Å²) >= 11 is 0. The number of esters is 1. The van der Waals surface area contributed by atoms with E-state index in [-0.39, 0.29) is 12.6 Å². The van der Waals surface area contributed by atoms with Crippen LogP contribution in [-0.4, -0.2) is 65.6 Å². The van der Waals surface area contributed by atoms with Crippen molar-refractivity contribution >= 4 is 12.8 Å². The third-order valence-electron chi connectivity index (χ3n) is 2.22. The Morgan fingerprint density at radius 3 is 2.04 bits per heavy atom. The van der Waals surface area contributed by atoms with E-state index < -0.39 is 0 Å². The highest BCUT2D eigenvalue weighted by Crippen LogP contribution is 1.88. The molecule has 0 radical (unpaired) electrons. The van der Waals surface area contributed by atoms with E-state index in [1.807, 2.05) is 41.4 Å². The van der Waals surface area contributed by atoms with Crippen molar-refractivity contribution in [3.05, 3.63) is 11.9 Å². The molecule has 9 nitrogen and oxygen atoms in total. The molecule has 0 saturated heterocycles. The molecule has 0 fully saturated rings. The average molecular weight is 396 g/mol. The summed E-state index contributed by atoms with van der Waals surface area (Å²) in [6, 6.07) is 0. The van der Waals surface area contributed by atoms with Crippen molar-refractivity contribution in [3.8, 4) is 0 Å². The number of carbonyl (C=O) groups is 2.